The minimum absolute atomic E-state index is 0.134. The lowest BCUT2D eigenvalue weighted by molar-refractivity contribution is 0.237. The number of fused-ring (bicyclic) bond motifs is 1. The van der Waals surface area contributed by atoms with E-state index in [0.29, 0.717) is 5.96 Å². The fraction of sp³-hybridized carbons (Fsp3) is 0.750. The molecule has 5 nitrogen and oxygen atoms in total. The van der Waals surface area contributed by atoms with Gasteiger partial charge in [-0.1, -0.05) is 0 Å². The van der Waals surface area contributed by atoms with Gasteiger partial charge in [0.05, 0.1) is 0 Å². The van der Waals surface area contributed by atoms with Gasteiger partial charge in [0, 0.05) is 20.1 Å². The van der Waals surface area contributed by atoms with Crippen LogP contribution < -0.4 is 5.73 Å². The van der Waals surface area contributed by atoms with Crippen LogP contribution in [0.1, 0.15) is 13.3 Å². The second-order valence-corrected chi connectivity index (χ2v) is 3.50. The van der Waals surface area contributed by atoms with E-state index in [1.54, 1.807) is 0 Å². The summed E-state index contributed by atoms with van der Waals surface area (Å²) >= 11 is 0. The summed E-state index contributed by atoms with van der Waals surface area (Å²) in [5, 5.41) is 0. The highest BCUT2D eigenvalue weighted by Crippen LogP contribution is 2.15. The molecule has 0 aromatic heterocycles. The molecule has 2 rings (SSSR count). The third-order valence-corrected chi connectivity index (χ3v) is 2.48. The molecule has 0 aromatic rings. The van der Waals surface area contributed by atoms with Crippen molar-refractivity contribution >= 4 is 11.9 Å². The summed E-state index contributed by atoms with van der Waals surface area (Å²) in [5.41, 5.74) is 5.60. The second-order valence-electron chi connectivity index (χ2n) is 3.50. The molecule has 5 heteroatoms. The molecule has 1 atom stereocenters. The maximum absolute atomic E-state index is 5.60. The van der Waals surface area contributed by atoms with Gasteiger partial charge in [0.15, 0.2) is 0 Å². The van der Waals surface area contributed by atoms with E-state index in [1.165, 1.54) is 0 Å². The highest BCUT2D eigenvalue weighted by Gasteiger charge is 2.27. The van der Waals surface area contributed by atoms with E-state index in [9.17, 15) is 0 Å². The van der Waals surface area contributed by atoms with Crippen molar-refractivity contribution in [2.24, 2.45) is 15.7 Å². The third kappa shape index (κ3) is 1.34. The quantitative estimate of drug-likeness (QED) is 0.556. The molecule has 1 fully saturated rings. The van der Waals surface area contributed by atoms with Crippen molar-refractivity contribution in [3.8, 4) is 0 Å². The molecule has 0 amide bonds. The Morgan fingerprint density at radius 1 is 1.46 bits per heavy atom. The van der Waals surface area contributed by atoms with Gasteiger partial charge in [-0.15, -0.1) is 0 Å². The standard InChI is InChI=1S/C8H15N5/c1-6-10-7(9)11-8-12(2)4-3-5-13(6)8/h6H,3-5H2,1-2H3,(H2,9,10)/t6-/m0/s1. The van der Waals surface area contributed by atoms with Gasteiger partial charge in [0.25, 0.3) is 0 Å². The van der Waals surface area contributed by atoms with Crippen molar-refractivity contribution in [3.05, 3.63) is 0 Å². The Kier molecular flexibility index (Phi) is 1.86. The Labute approximate surface area is 77.9 Å². The maximum atomic E-state index is 5.60. The Hall–Kier alpha value is -1.26. The first-order valence-electron chi connectivity index (χ1n) is 4.58. The van der Waals surface area contributed by atoms with Crippen molar-refractivity contribution < 1.29 is 0 Å². The average Bonchev–Trinajstić information content (AvgIpc) is 2.07. The molecule has 13 heavy (non-hydrogen) atoms. The molecule has 0 unspecified atom stereocenters. The highest BCUT2D eigenvalue weighted by molar-refractivity contribution is 5.96. The summed E-state index contributed by atoms with van der Waals surface area (Å²) in [4.78, 5) is 12.7. The molecule has 0 bridgehead atoms. The van der Waals surface area contributed by atoms with Crippen molar-refractivity contribution in [3.63, 3.8) is 0 Å². The summed E-state index contributed by atoms with van der Waals surface area (Å²) in [5.74, 6) is 1.36. The van der Waals surface area contributed by atoms with Crippen LogP contribution >= 0.6 is 0 Å². The van der Waals surface area contributed by atoms with E-state index in [0.717, 1.165) is 25.5 Å². The monoisotopic (exact) mass is 181 g/mol. The first-order chi connectivity index (χ1) is 6.18. The molecule has 0 aromatic carbocycles. The van der Waals surface area contributed by atoms with E-state index in [1.807, 2.05) is 14.0 Å². The molecule has 0 aliphatic carbocycles. The Morgan fingerprint density at radius 3 is 3.00 bits per heavy atom. The normalized spacial score (nSPS) is 28.0. The highest BCUT2D eigenvalue weighted by atomic mass is 15.5. The van der Waals surface area contributed by atoms with Gasteiger partial charge in [-0.25, -0.2) is 4.99 Å². The summed E-state index contributed by atoms with van der Waals surface area (Å²) in [6.45, 7) is 4.12. The first kappa shape index (κ1) is 8.34. The van der Waals surface area contributed by atoms with E-state index in [-0.39, 0.29) is 6.17 Å². The van der Waals surface area contributed by atoms with Gasteiger partial charge in [-0.05, 0) is 13.3 Å². The van der Waals surface area contributed by atoms with Crippen LogP contribution in [0.2, 0.25) is 0 Å². The zero-order chi connectivity index (χ0) is 9.42. The maximum Gasteiger partial charge on any atom is 0.220 e. The Balaban J connectivity index is 2.29. The van der Waals surface area contributed by atoms with Crippen LogP contribution in [0, 0.1) is 0 Å². The van der Waals surface area contributed by atoms with Crippen LogP contribution in [0.4, 0.5) is 0 Å². The molecule has 2 aliphatic heterocycles. The topological polar surface area (TPSA) is 57.2 Å². The van der Waals surface area contributed by atoms with Gasteiger partial charge in [0.1, 0.15) is 6.17 Å². The number of rotatable bonds is 0. The fourth-order valence-corrected chi connectivity index (χ4v) is 1.79. The number of hydrogen-bond acceptors (Lipinski definition) is 5. The molecule has 2 N–H and O–H groups in total. The van der Waals surface area contributed by atoms with Crippen molar-refractivity contribution in [2.45, 2.75) is 19.5 Å². The molecule has 0 spiro atoms. The number of nitrogens with two attached hydrogens (primary N) is 1. The molecule has 0 saturated carbocycles. The van der Waals surface area contributed by atoms with Gasteiger partial charge in [0.2, 0.25) is 11.9 Å². The number of nitrogens with zero attached hydrogens (tertiary/aromatic N) is 4. The number of guanidine groups is 2. The predicted molar refractivity (Wildman–Crippen MR) is 52.5 cm³/mol. The lowest BCUT2D eigenvalue weighted by Gasteiger charge is -2.40. The van der Waals surface area contributed by atoms with Crippen LogP contribution in [0.5, 0.6) is 0 Å². The van der Waals surface area contributed by atoms with Gasteiger partial charge >= 0.3 is 0 Å². The summed E-state index contributed by atoms with van der Waals surface area (Å²) < 4.78 is 0. The van der Waals surface area contributed by atoms with Crippen molar-refractivity contribution in [1.82, 2.24) is 9.80 Å². The smallest absolute Gasteiger partial charge is 0.220 e. The molecule has 2 aliphatic rings. The summed E-state index contributed by atoms with van der Waals surface area (Å²) in [6.07, 6.45) is 1.30. The zero-order valence-corrected chi connectivity index (χ0v) is 8.06. The minimum Gasteiger partial charge on any atom is -0.368 e. The summed E-state index contributed by atoms with van der Waals surface area (Å²) in [7, 11) is 2.04. The van der Waals surface area contributed by atoms with E-state index < -0.39 is 0 Å². The summed E-state index contributed by atoms with van der Waals surface area (Å²) in [6, 6.07) is 0. The van der Waals surface area contributed by atoms with Gasteiger partial charge in [-0.2, -0.15) is 4.99 Å². The molecule has 0 radical (unpaired) electrons. The van der Waals surface area contributed by atoms with Crippen LogP contribution in [0.3, 0.4) is 0 Å². The van der Waals surface area contributed by atoms with E-state index in [2.05, 4.69) is 19.8 Å². The van der Waals surface area contributed by atoms with E-state index in [4.69, 9.17) is 5.73 Å². The van der Waals surface area contributed by atoms with Gasteiger partial charge < -0.3 is 15.5 Å². The van der Waals surface area contributed by atoms with Crippen LogP contribution in [-0.4, -0.2) is 48.0 Å². The fourth-order valence-electron chi connectivity index (χ4n) is 1.79. The molecule has 2 heterocycles. The number of hydrogen-bond donors (Lipinski definition) is 1. The Bertz CT molecular complexity index is 270. The second kappa shape index (κ2) is 2.90. The van der Waals surface area contributed by atoms with Gasteiger partial charge in [-0.3, -0.25) is 0 Å². The third-order valence-electron chi connectivity index (χ3n) is 2.48. The zero-order valence-electron chi connectivity index (χ0n) is 8.06. The number of aliphatic imine (C=N–C) groups is 2. The van der Waals surface area contributed by atoms with Crippen LogP contribution in [0.15, 0.2) is 9.98 Å². The average molecular weight is 181 g/mol. The predicted octanol–water partition coefficient (Wildman–Crippen LogP) is -0.346. The first-order valence-corrected chi connectivity index (χ1v) is 4.58. The van der Waals surface area contributed by atoms with E-state index >= 15 is 0 Å². The van der Waals surface area contributed by atoms with Crippen LogP contribution in [0.25, 0.3) is 0 Å². The van der Waals surface area contributed by atoms with Crippen molar-refractivity contribution in [2.75, 3.05) is 20.1 Å². The molecular formula is C8H15N5. The SMILES string of the molecule is C[C@H]1N=C(N)N=C2N(C)CCCN21. The minimum atomic E-state index is 0.134. The molecular weight excluding hydrogens is 166 g/mol. The van der Waals surface area contributed by atoms with Crippen molar-refractivity contribution in [1.29, 1.82) is 0 Å². The Morgan fingerprint density at radius 2 is 2.23 bits per heavy atom. The lowest BCUT2D eigenvalue weighted by Crippen LogP contribution is -2.54. The molecule has 1 saturated heterocycles. The lowest BCUT2D eigenvalue weighted by atomic mass is 10.2. The molecule has 72 valence electrons. The van der Waals surface area contributed by atoms with Crippen LogP contribution in [-0.2, 0) is 0 Å². The largest absolute Gasteiger partial charge is 0.368 e.